The maximum atomic E-state index is 13.7. The van der Waals surface area contributed by atoms with Gasteiger partial charge in [0, 0.05) is 17.6 Å². The lowest BCUT2D eigenvalue weighted by molar-refractivity contribution is 0.578. The van der Waals surface area contributed by atoms with E-state index in [0.29, 0.717) is 12.6 Å². The maximum absolute atomic E-state index is 13.7. The minimum absolute atomic E-state index is 0.00107. The Morgan fingerprint density at radius 2 is 1.76 bits per heavy atom. The fourth-order valence-corrected chi connectivity index (χ4v) is 1.80. The van der Waals surface area contributed by atoms with Crippen molar-refractivity contribution < 1.29 is 13.2 Å². The highest BCUT2D eigenvalue weighted by atomic mass is 35.5. The quantitative estimate of drug-likeness (QED) is 0.838. The van der Waals surface area contributed by atoms with Crippen LogP contribution in [0.2, 0.25) is 5.02 Å². The molecule has 7 heteroatoms. The van der Waals surface area contributed by atoms with Gasteiger partial charge in [0.25, 0.3) is 0 Å². The molecule has 3 nitrogen and oxygen atoms in total. The van der Waals surface area contributed by atoms with Crippen molar-refractivity contribution in [3.05, 3.63) is 46.7 Å². The second-order valence-electron chi connectivity index (χ2n) is 4.33. The van der Waals surface area contributed by atoms with Crippen molar-refractivity contribution in [1.82, 2.24) is 4.98 Å². The number of aromatic nitrogens is 1. The number of anilines is 3. The summed E-state index contributed by atoms with van der Waals surface area (Å²) in [6.45, 7) is 2.39. The Balaban J connectivity index is 2.30. The first-order valence-corrected chi connectivity index (χ1v) is 6.71. The van der Waals surface area contributed by atoms with Crippen LogP contribution < -0.4 is 10.6 Å². The molecule has 0 aliphatic heterocycles. The van der Waals surface area contributed by atoms with Gasteiger partial charge in [-0.3, -0.25) is 0 Å². The van der Waals surface area contributed by atoms with Crippen molar-refractivity contribution in [1.29, 1.82) is 0 Å². The van der Waals surface area contributed by atoms with Gasteiger partial charge in [-0.05, 0) is 24.6 Å². The molecule has 0 unspecified atom stereocenters. The molecule has 1 aromatic carbocycles. The monoisotopic (exact) mass is 315 g/mol. The third kappa shape index (κ3) is 3.78. The van der Waals surface area contributed by atoms with Gasteiger partial charge in [0.1, 0.15) is 5.82 Å². The zero-order valence-electron chi connectivity index (χ0n) is 11.2. The van der Waals surface area contributed by atoms with Crippen molar-refractivity contribution in [3.63, 3.8) is 0 Å². The zero-order valence-corrected chi connectivity index (χ0v) is 11.9. The van der Waals surface area contributed by atoms with Gasteiger partial charge in [0.15, 0.2) is 23.3 Å². The summed E-state index contributed by atoms with van der Waals surface area (Å²) in [5.41, 5.74) is -0.00107. The lowest BCUT2D eigenvalue weighted by Gasteiger charge is -2.11. The fourth-order valence-electron chi connectivity index (χ4n) is 1.64. The Bertz CT molecular complexity index is 650. The minimum atomic E-state index is -0.913. The first kappa shape index (κ1) is 15.4. The Morgan fingerprint density at radius 1 is 1.05 bits per heavy atom. The van der Waals surface area contributed by atoms with E-state index in [4.69, 9.17) is 11.6 Å². The summed E-state index contributed by atoms with van der Waals surface area (Å²) in [5.74, 6) is -2.73. The van der Waals surface area contributed by atoms with E-state index in [-0.39, 0.29) is 22.3 Å². The van der Waals surface area contributed by atoms with Gasteiger partial charge >= 0.3 is 0 Å². The number of pyridine rings is 1. The molecule has 0 radical (unpaired) electrons. The normalized spacial score (nSPS) is 10.5. The highest BCUT2D eigenvalue weighted by Gasteiger charge is 2.13. The van der Waals surface area contributed by atoms with Crippen molar-refractivity contribution in [2.24, 2.45) is 0 Å². The number of nitrogens with zero attached hydrogens (tertiary/aromatic N) is 1. The van der Waals surface area contributed by atoms with Crippen molar-refractivity contribution in [3.8, 4) is 0 Å². The van der Waals surface area contributed by atoms with E-state index < -0.39 is 17.5 Å². The van der Waals surface area contributed by atoms with Gasteiger partial charge in [-0.1, -0.05) is 18.5 Å². The van der Waals surface area contributed by atoms with Gasteiger partial charge in [0.05, 0.1) is 5.69 Å². The van der Waals surface area contributed by atoms with Crippen LogP contribution in [0.4, 0.5) is 30.5 Å². The minimum Gasteiger partial charge on any atom is -0.368 e. The van der Waals surface area contributed by atoms with Gasteiger partial charge in [-0.25, -0.2) is 18.2 Å². The van der Waals surface area contributed by atoms with E-state index in [0.717, 1.165) is 12.5 Å². The Morgan fingerprint density at radius 3 is 2.43 bits per heavy atom. The standard InChI is InChI=1S/C14H13ClF3N3/c1-2-5-19-13-10(17)7-11(18)14(21-13)20-12-4-3-8(15)6-9(12)16/h3-4,6-7H,2,5H2,1H3,(H2,19,20,21). The first-order valence-electron chi connectivity index (χ1n) is 6.33. The smallest absolute Gasteiger partial charge is 0.169 e. The highest BCUT2D eigenvalue weighted by Crippen LogP contribution is 2.25. The largest absolute Gasteiger partial charge is 0.368 e. The van der Waals surface area contributed by atoms with Gasteiger partial charge in [-0.2, -0.15) is 0 Å². The number of benzene rings is 1. The van der Waals surface area contributed by atoms with Crippen LogP contribution in [0.15, 0.2) is 24.3 Å². The third-order valence-electron chi connectivity index (χ3n) is 2.66. The molecule has 2 rings (SSSR count). The molecular weight excluding hydrogens is 303 g/mol. The van der Waals surface area contributed by atoms with E-state index >= 15 is 0 Å². The van der Waals surface area contributed by atoms with Crippen LogP contribution in [0.1, 0.15) is 13.3 Å². The predicted octanol–water partition coefficient (Wildman–Crippen LogP) is 4.72. The van der Waals surface area contributed by atoms with Crippen LogP contribution in [-0.4, -0.2) is 11.5 Å². The molecule has 0 amide bonds. The average Bonchev–Trinajstić information content (AvgIpc) is 2.43. The van der Waals surface area contributed by atoms with E-state index in [1.54, 1.807) is 0 Å². The molecule has 0 saturated heterocycles. The molecule has 2 N–H and O–H groups in total. The molecule has 0 saturated carbocycles. The maximum Gasteiger partial charge on any atom is 0.169 e. The Hall–Kier alpha value is -1.95. The summed E-state index contributed by atoms with van der Waals surface area (Å²) < 4.78 is 40.9. The second-order valence-corrected chi connectivity index (χ2v) is 4.76. The van der Waals surface area contributed by atoms with Crippen molar-refractivity contribution >= 4 is 28.9 Å². The number of rotatable bonds is 5. The first-order chi connectivity index (χ1) is 10.0. The van der Waals surface area contributed by atoms with Crippen molar-refractivity contribution in [2.75, 3.05) is 17.2 Å². The average molecular weight is 316 g/mol. The second kappa shape index (κ2) is 6.67. The van der Waals surface area contributed by atoms with Crippen LogP contribution in [0.25, 0.3) is 0 Å². The predicted molar refractivity (Wildman–Crippen MR) is 77.6 cm³/mol. The summed E-state index contributed by atoms with van der Waals surface area (Å²) in [6, 6.07) is 4.58. The molecule has 0 atom stereocenters. The van der Waals surface area contributed by atoms with Crippen LogP contribution >= 0.6 is 11.6 Å². The Kier molecular flexibility index (Phi) is 4.90. The summed E-state index contributed by atoms with van der Waals surface area (Å²) in [6.07, 6.45) is 0.757. The number of halogens is 4. The summed E-state index contributed by atoms with van der Waals surface area (Å²) >= 11 is 5.64. The van der Waals surface area contributed by atoms with E-state index in [2.05, 4.69) is 15.6 Å². The number of nitrogens with one attached hydrogen (secondary N) is 2. The molecule has 1 aromatic heterocycles. The third-order valence-corrected chi connectivity index (χ3v) is 2.89. The Labute approximate surface area is 125 Å². The highest BCUT2D eigenvalue weighted by molar-refractivity contribution is 6.30. The lowest BCUT2D eigenvalue weighted by Crippen LogP contribution is -2.08. The van der Waals surface area contributed by atoms with Gasteiger partial charge in [-0.15, -0.1) is 0 Å². The molecule has 0 aliphatic rings. The molecule has 21 heavy (non-hydrogen) atoms. The number of hydrogen-bond acceptors (Lipinski definition) is 3. The van der Waals surface area contributed by atoms with E-state index in [1.165, 1.54) is 12.1 Å². The molecular formula is C14H13ClF3N3. The SMILES string of the molecule is CCCNc1nc(Nc2ccc(Cl)cc2F)c(F)cc1F. The lowest BCUT2D eigenvalue weighted by atomic mass is 10.3. The summed E-state index contributed by atoms with van der Waals surface area (Å²) in [5, 5.41) is 5.44. The summed E-state index contributed by atoms with van der Waals surface area (Å²) in [4.78, 5) is 3.80. The molecule has 112 valence electrons. The molecule has 2 aromatic rings. The van der Waals surface area contributed by atoms with Gasteiger partial charge < -0.3 is 10.6 Å². The fraction of sp³-hybridized carbons (Fsp3) is 0.214. The van der Waals surface area contributed by atoms with Crippen LogP contribution in [0.5, 0.6) is 0 Å². The molecule has 0 spiro atoms. The van der Waals surface area contributed by atoms with Crippen molar-refractivity contribution in [2.45, 2.75) is 13.3 Å². The molecule has 1 heterocycles. The van der Waals surface area contributed by atoms with Crippen LogP contribution in [0.3, 0.4) is 0 Å². The zero-order chi connectivity index (χ0) is 15.4. The molecule has 0 fully saturated rings. The molecule has 0 bridgehead atoms. The summed E-state index contributed by atoms with van der Waals surface area (Å²) in [7, 11) is 0. The molecule has 0 aliphatic carbocycles. The van der Waals surface area contributed by atoms with Crippen LogP contribution in [-0.2, 0) is 0 Å². The van der Waals surface area contributed by atoms with E-state index in [9.17, 15) is 13.2 Å². The number of hydrogen-bond donors (Lipinski definition) is 2. The topological polar surface area (TPSA) is 37.0 Å². The van der Waals surface area contributed by atoms with Gasteiger partial charge in [0.2, 0.25) is 0 Å². The van der Waals surface area contributed by atoms with Crippen LogP contribution in [0, 0.1) is 17.5 Å². The van der Waals surface area contributed by atoms with E-state index in [1.807, 2.05) is 6.92 Å².